The molecule has 4 heterocycles. The van der Waals surface area contributed by atoms with E-state index in [1.165, 1.54) is 0 Å². The maximum atomic E-state index is 12.8. The number of aromatic nitrogens is 4. The highest BCUT2D eigenvalue weighted by atomic mass is 16.5. The second-order valence-electron chi connectivity index (χ2n) is 7.41. The zero-order valence-corrected chi connectivity index (χ0v) is 15.1. The lowest BCUT2D eigenvalue weighted by Crippen LogP contribution is -2.39. The Balaban J connectivity index is 1.48. The molecule has 1 fully saturated rings. The molecule has 0 aromatic carbocycles. The molecule has 4 rings (SSSR count). The minimum Gasteiger partial charge on any atom is -0.351 e. The molecule has 3 aromatic heterocycles. The number of H-pyrrole nitrogens is 1. The van der Waals surface area contributed by atoms with Crippen molar-refractivity contribution in [2.24, 2.45) is 5.92 Å². The van der Waals surface area contributed by atoms with Gasteiger partial charge in [0, 0.05) is 36.2 Å². The van der Waals surface area contributed by atoms with Crippen LogP contribution in [0.3, 0.4) is 0 Å². The number of fused-ring (bicyclic) bond motifs is 1. The lowest BCUT2D eigenvalue weighted by molar-refractivity contribution is 0.0664. The number of likely N-dealkylation sites (tertiary alicyclic amines) is 1. The number of aromatic amines is 1. The third-order valence-corrected chi connectivity index (χ3v) is 4.84. The van der Waals surface area contributed by atoms with Crippen LogP contribution in [-0.4, -0.2) is 44.2 Å². The Morgan fingerprint density at radius 1 is 1.42 bits per heavy atom. The molecule has 0 aliphatic carbocycles. The van der Waals surface area contributed by atoms with Crippen molar-refractivity contribution in [3.05, 3.63) is 41.5 Å². The first kappa shape index (κ1) is 16.8. The Morgan fingerprint density at radius 2 is 2.31 bits per heavy atom. The van der Waals surface area contributed by atoms with Crippen LogP contribution in [0.2, 0.25) is 0 Å². The normalized spacial score (nSPS) is 18.0. The van der Waals surface area contributed by atoms with Gasteiger partial charge in [-0.3, -0.25) is 9.89 Å². The Morgan fingerprint density at radius 3 is 3.15 bits per heavy atom. The summed E-state index contributed by atoms with van der Waals surface area (Å²) in [5, 5.41) is 12.0. The Bertz CT molecular complexity index is 913. The number of rotatable bonds is 4. The lowest BCUT2D eigenvalue weighted by atomic mass is 9.94. The van der Waals surface area contributed by atoms with E-state index in [2.05, 4.69) is 34.2 Å². The number of pyridine rings is 1. The molecule has 0 saturated carbocycles. The van der Waals surface area contributed by atoms with Crippen molar-refractivity contribution in [3.8, 4) is 0 Å². The monoisotopic (exact) mass is 353 g/mol. The Kier molecular flexibility index (Phi) is 4.44. The molecule has 136 valence electrons. The summed E-state index contributed by atoms with van der Waals surface area (Å²) < 4.78 is 5.30. The second-order valence-corrected chi connectivity index (χ2v) is 7.41. The molecule has 0 radical (unpaired) electrons. The van der Waals surface area contributed by atoms with Gasteiger partial charge >= 0.3 is 0 Å². The van der Waals surface area contributed by atoms with E-state index in [-0.39, 0.29) is 11.8 Å². The number of nitrogens with one attached hydrogen (secondary N) is 1. The van der Waals surface area contributed by atoms with Gasteiger partial charge in [-0.1, -0.05) is 19.0 Å². The van der Waals surface area contributed by atoms with E-state index in [9.17, 15) is 4.79 Å². The van der Waals surface area contributed by atoms with Gasteiger partial charge in [-0.25, -0.2) is 4.98 Å². The molecule has 1 amide bonds. The van der Waals surface area contributed by atoms with Gasteiger partial charge < -0.3 is 9.42 Å². The van der Waals surface area contributed by atoms with Gasteiger partial charge in [-0.05, 0) is 37.3 Å². The molecule has 0 bridgehead atoms. The highest BCUT2D eigenvalue weighted by Gasteiger charge is 2.28. The Labute approximate surface area is 151 Å². The van der Waals surface area contributed by atoms with Crippen LogP contribution in [0.25, 0.3) is 11.0 Å². The van der Waals surface area contributed by atoms with Gasteiger partial charge in [0.05, 0.1) is 11.9 Å². The van der Waals surface area contributed by atoms with Crippen LogP contribution >= 0.6 is 0 Å². The van der Waals surface area contributed by atoms with Gasteiger partial charge in [0.25, 0.3) is 5.91 Å². The predicted molar refractivity (Wildman–Crippen MR) is 96.8 cm³/mol. The average Bonchev–Trinajstić information content (AvgIpc) is 3.29. The van der Waals surface area contributed by atoms with Crippen LogP contribution in [0, 0.1) is 5.92 Å². The molecule has 0 spiro atoms. The standard InChI is InChI=1S/C19H23N5O2/c1-12(2)8-15-9-17(26-23-15)19(25)24-7-3-4-14(11-24)16-6-5-13-10-20-22-18(13)21-16/h5-6,9-10,12,14H,3-4,7-8,11H2,1-2H3,(H,20,21,22). The fraction of sp³-hybridized carbons (Fsp3) is 0.474. The highest BCUT2D eigenvalue weighted by Crippen LogP contribution is 2.27. The minimum atomic E-state index is -0.0835. The smallest absolute Gasteiger partial charge is 0.292 e. The Hall–Kier alpha value is -2.70. The third kappa shape index (κ3) is 3.34. The summed E-state index contributed by atoms with van der Waals surface area (Å²) in [7, 11) is 0. The van der Waals surface area contributed by atoms with Crippen molar-refractivity contribution in [3.63, 3.8) is 0 Å². The van der Waals surface area contributed by atoms with Crippen LogP contribution < -0.4 is 0 Å². The third-order valence-electron chi connectivity index (χ3n) is 4.84. The number of hydrogen-bond acceptors (Lipinski definition) is 5. The summed E-state index contributed by atoms with van der Waals surface area (Å²) in [5.41, 5.74) is 2.63. The van der Waals surface area contributed by atoms with Crippen LogP contribution in [0.15, 0.2) is 28.9 Å². The van der Waals surface area contributed by atoms with Crippen molar-refractivity contribution >= 4 is 16.9 Å². The summed E-state index contributed by atoms with van der Waals surface area (Å²) in [5.74, 6) is 0.947. The lowest BCUT2D eigenvalue weighted by Gasteiger charge is -2.31. The first-order chi connectivity index (χ1) is 12.6. The van der Waals surface area contributed by atoms with E-state index in [4.69, 9.17) is 4.52 Å². The topological polar surface area (TPSA) is 87.9 Å². The number of amides is 1. The summed E-state index contributed by atoms with van der Waals surface area (Å²) in [4.78, 5) is 19.3. The molecule has 7 heteroatoms. The molecule has 1 aliphatic rings. The van der Waals surface area contributed by atoms with Crippen molar-refractivity contribution in [2.75, 3.05) is 13.1 Å². The fourth-order valence-corrected chi connectivity index (χ4v) is 3.56. The highest BCUT2D eigenvalue weighted by molar-refractivity contribution is 5.91. The maximum Gasteiger partial charge on any atom is 0.292 e. The van der Waals surface area contributed by atoms with Crippen molar-refractivity contribution < 1.29 is 9.32 Å². The van der Waals surface area contributed by atoms with E-state index in [1.54, 1.807) is 12.3 Å². The van der Waals surface area contributed by atoms with Gasteiger partial charge in [0.2, 0.25) is 5.76 Å². The predicted octanol–water partition coefficient (Wildman–Crippen LogP) is 3.16. The number of hydrogen-bond donors (Lipinski definition) is 1. The summed E-state index contributed by atoms with van der Waals surface area (Å²) in [6.07, 6.45) is 4.55. The molecule has 1 N–H and O–H groups in total. The van der Waals surface area contributed by atoms with Crippen LogP contribution in [0.5, 0.6) is 0 Å². The number of nitrogens with zero attached hydrogens (tertiary/aromatic N) is 4. The molecule has 7 nitrogen and oxygen atoms in total. The zero-order valence-electron chi connectivity index (χ0n) is 15.1. The van der Waals surface area contributed by atoms with Gasteiger partial charge in [-0.15, -0.1) is 0 Å². The van der Waals surface area contributed by atoms with E-state index in [1.807, 2.05) is 17.0 Å². The van der Waals surface area contributed by atoms with Gasteiger partial charge in [-0.2, -0.15) is 5.10 Å². The first-order valence-corrected chi connectivity index (χ1v) is 9.15. The molecular weight excluding hydrogens is 330 g/mol. The fourth-order valence-electron chi connectivity index (χ4n) is 3.56. The number of carbonyl (C=O) groups is 1. The molecule has 3 aromatic rings. The zero-order chi connectivity index (χ0) is 18.1. The SMILES string of the molecule is CC(C)Cc1cc(C(=O)N2CCCC(c3ccc4cn[nH]c4n3)C2)on1. The molecular formula is C19H23N5O2. The number of carbonyl (C=O) groups excluding carboxylic acids is 1. The van der Waals surface area contributed by atoms with Gasteiger partial charge in [0.15, 0.2) is 5.65 Å². The van der Waals surface area contributed by atoms with Crippen LogP contribution in [0.1, 0.15) is 54.5 Å². The average molecular weight is 353 g/mol. The van der Waals surface area contributed by atoms with Crippen LogP contribution in [-0.2, 0) is 6.42 Å². The summed E-state index contributed by atoms with van der Waals surface area (Å²) in [6, 6.07) is 5.84. The molecule has 1 aliphatic heterocycles. The molecule has 1 saturated heterocycles. The summed E-state index contributed by atoms with van der Waals surface area (Å²) in [6.45, 7) is 5.62. The van der Waals surface area contributed by atoms with Crippen LogP contribution in [0.4, 0.5) is 0 Å². The second kappa shape index (κ2) is 6.90. The maximum absolute atomic E-state index is 12.8. The van der Waals surface area contributed by atoms with Gasteiger partial charge in [0.1, 0.15) is 0 Å². The van der Waals surface area contributed by atoms with E-state index < -0.39 is 0 Å². The van der Waals surface area contributed by atoms with Crippen molar-refractivity contribution in [1.82, 2.24) is 25.2 Å². The van der Waals surface area contributed by atoms with Crippen molar-refractivity contribution in [1.29, 1.82) is 0 Å². The molecule has 1 unspecified atom stereocenters. The summed E-state index contributed by atoms with van der Waals surface area (Å²) >= 11 is 0. The molecule has 26 heavy (non-hydrogen) atoms. The quantitative estimate of drug-likeness (QED) is 0.778. The van der Waals surface area contributed by atoms with E-state index in [0.717, 1.165) is 48.2 Å². The molecule has 1 atom stereocenters. The van der Waals surface area contributed by atoms with Crippen molar-refractivity contribution in [2.45, 2.75) is 39.0 Å². The minimum absolute atomic E-state index is 0.0835. The largest absolute Gasteiger partial charge is 0.351 e. The first-order valence-electron chi connectivity index (χ1n) is 9.15. The van der Waals surface area contributed by atoms with E-state index >= 15 is 0 Å². The van der Waals surface area contributed by atoms with E-state index in [0.29, 0.717) is 18.2 Å². The number of piperidine rings is 1.